The van der Waals surface area contributed by atoms with E-state index in [9.17, 15) is 0 Å². The lowest BCUT2D eigenvalue weighted by molar-refractivity contribution is -0.983. The van der Waals surface area contributed by atoms with Crippen molar-refractivity contribution in [3.63, 3.8) is 0 Å². The summed E-state index contributed by atoms with van der Waals surface area (Å²) in [5.74, 6) is -2.12. The Balaban J connectivity index is 0.000000751. The molecule has 0 aliphatic carbocycles. The minimum absolute atomic E-state index is 0.592. The number of halogens is 1. The van der Waals surface area contributed by atoms with E-state index >= 15 is 0 Å². The van der Waals surface area contributed by atoms with Crippen LogP contribution < -0.4 is 5.11 Å². The number of aliphatic carboxylic acids is 2. The third-order valence-corrected chi connectivity index (χ3v) is 6.62. The van der Waals surface area contributed by atoms with Crippen molar-refractivity contribution in [2.24, 2.45) is 0 Å². The minimum Gasteiger partial charge on any atom is -0.539 e. The molecule has 1 N–H and O–H groups in total. The fourth-order valence-corrected chi connectivity index (χ4v) is 5.25. The Morgan fingerprint density at radius 1 is 1.16 bits per heavy atom. The largest absolute Gasteiger partial charge is 0.539 e. The van der Waals surface area contributed by atoms with Crippen LogP contribution in [0.3, 0.4) is 0 Å². The molecule has 0 unspecified atom stereocenters. The normalized spacial score (nSPS) is 11.6. The van der Waals surface area contributed by atoms with Gasteiger partial charge in [0.15, 0.2) is 5.97 Å². The summed E-state index contributed by atoms with van der Waals surface area (Å²) < 4.78 is 2.98. The lowest BCUT2D eigenvalue weighted by atomic mass is 10.1. The smallest absolute Gasteiger partial charge is 0.351 e. The first kappa shape index (κ1) is 27.9. The van der Waals surface area contributed by atoms with Crippen LogP contribution in [0.15, 0.2) is 29.4 Å². The first-order valence-electron chi connectivity index (χ1n) is 10.5. The van der Waals surface area contributed by atoms with Crippen LogP contribution in [0.1, 0.15) is 47.4 Å². The molecule has 0 amide bonds. The van der Waals surface area contributed by atoms with Gasteiger partial charge in [0.25, 0.3) is 0 Å². The number of carbonyl (C=O) groups is 2. The molecule has 32 heavy (non-hydrogen) atoms. The van der Waals surface area contributed by atoms with Gasteiger partial charge in [-0.1, -0.05) is 29.4 Å². The quantitative estimate of drug-likeness (QED) is 0.348. The highest BCUT2D eigenvalue weighted by molar-refractivity contribution is 7.99. The molecule has 1 aromatic heterocycles. The standard InChI is InChI=1S/C20H32ClN4S.C2H2O4/c1-14(2)25(15(3)4,16(5)6)11-12-26-20-22-17(7)24(23-20)19-10-8-9-18(21)13-19;3-1(4)2(5)6/h8-10,13-16H,11-12H2,1-7H3;(H,3,4)(H,5,6)/q+1;/p-1. The number of carboxylic acid groups (broad SMARTS) is 2. The first-order valence-corrected chi connectivity index (χ1v) is 11.8. The molecule has 0 spiro atoms. The molecule has 0 saturated heterocycles. The number of aryl methyl sites for hydroxylation is 1. The van der Waals surface area contributed by atoms with Gasteiger partial charge in [0.2, 0.25) is 5.16 Å². The van der Waals surface area contributed by atoms with Crippen molar-refractivity contribution in [3.8, 4) is 5.69 Å². The first-order chi connectivity index (χ1) is 14.8. The Labute approximate surface area is 199 Å². The van der Waals surface area contributed by atoms with Crippen molar-refractivity contribution >= 4 is 35.3 Å². The lowest BCUT2D eigenvalue weighted by Crippen LogP contribution is -2.62. The Bertz CT molecular complexity index is 881. The highest BCUT2D eigenvalue weighted by Crippen LogP contribution is 2.27. The number of aromatic nitrogens is 3. The summed E-state index contributed by atoms with van der Waals surface area (Å²) in [7, 11) is 0. The van der Waals surface area contributed by atoms with E-state index in [-0.39, 0.29) is 0 Å². The fraction of sp³-hybridized carbons (Fsp3) is 0.545. The minimum atomic E-state index is -2.07. The van der Waals surface area contributed by atoms with Gasteiger partial charge in [-0.3, -0.25) is 0 Å². The number of thioether (sulfide) groups is 1. The van der Waals surface area contributed by atoms with Gasteiger partial charge in [0.1, 0.15) is 5.82 Å². The predicted octanol–water partition coefficient (Wildman–Crippen LogP) is 3.18. The van der Waals surface area contributed by atoms with Crippen LogP contribution in [0.2, 0.25) is 5.02 Å². The van der Waals surface area contributed by atoms with Crippen molar-refractivity contribution in [2.75, 3.05) is 12.3 Å². The highest BCUT2D eigenvalue weighted by atomic mass is 35.5. The summed E-state index contributed by atoms with van der Waals surface area (Å²) >= 11 is 7.85. The number of hydrogen-bond acceptors (Lipinski definition) is 6. The van der Waals surface area contributed by atoms with E-state index in [4.69, 9.17) is 31.4 Å². The molecule has 2 aromatic rings. The Hall–Kier alpha value is -2.10. The fourth-order valence-electron chi connectivity index (χ4n) is 4.14. The van der Waals surface area contributed by atoms with Crippen LogP contribution in [-0.2, 0) is 9.59 Å². The van der Waals surface area contributed by atoms with Gasteiger partial charge in [0, 0.05) is 5.02 Å². The second-order valence-corrected chi connectivity index (χ2v) is 9.77. The predicted molar refractivity (Wildman–Crippen MR) is 125 cm³/mol. The Morgan fingerprint density at radius 2 is 1.69 bits per heavy atom. The number of carboxylic acids is 2. The van der Waals surface area contributed by atoms with E-state index in [2.05, 4.69) is 51.6 Å². The molecular formula is C22H33ClN4O4S. The second-order valence-electron chi connectivity index (χ2n) is 8.27. The molecular weight excluding hydrogens is 452 g/mol. The molecule has 10 heteroatoms. The number of benzene rings is 1. The van der Waals surface area contributed by atoms with Gasteiger partial charge in [-0.25, -0.2) is 14.5 Å². The lowest BCUT2D eigenvalue weighted by Gasteiger charge is -2.49. The van der Waals surface area contributed by atoms with Crippen molar-refractivity contribution in [3.05, 3.63) is 35.1 Å². The molecule has 0 aliphatic rings. The van der Waals surface area contributed by atoms with Crippen molar-refractivity contribution in [1.29, 1.82) is 0 Å². The molecule has 0 atom stereocenters. The van der Waals surface area contributed by atoms with Crippen LogP contribution >= 0.6 is 23.4 Å². The van der Waals surface area contributed by atoms with Gasteiger partial charge in [-0.15, -0.1) is 5.10 Å². The molecule has 0 saturated carbocycles. The Morgan fingerprint density at radius 3 is 2.12 bits per heavy atom. The van der Waals surface area contributed by atoms with E-state index in [0.29, 0.717) is 23.1 Å². The molecule has 0 radical (unpaired) electrons. The molecule has 1 aromatic carbocycles. The SMILES string of the molecule is Cc1nc(SCC[N+](C(C)C)(C(C)C)C(C)C)nn1-c1cccc(Cl)c1.O=C([O-])C(=O)O. The average molecular weight is 485 g/mol. The summed E-state index contributed by atoms with van der Waals surface area (Å²) in [5.41, 5.74) is 0.950. The number of rotatable bonds is 8. The summed E-state index contributed by atoms with van der Waals surface area (Å²) in [6, 6.07) is 9.49. The van der Waals surface area contributed by atoms with Gasteiger partial charge in [-0.05, 0) is 66.7 Å². The summed E-state index contributed by atoms with van der Waals surface area (Å²) in [5, 5.41) is 22.5. The number of nitrogens with zero attached hydrogens (tertiary/aromatic N) is 4. The zero-order chi connectivity index (χ0) is 24.6. The molecule has 178 valence electrons. The second kappa shape index (κ2) is 12.2. The summed E-state index contributed by atoms with van der Waals surface area (Å²) in [6.07, 6.45) is 0. The number of hydrogen-bond donors (Lipinski definition) is 1. The maximum atomic E-state index is 9.04. The zero-order valence-corrected chi connectivity index (χ0v) is 21.3. The molecule has 0 fully saturated rings. The monoisotopic (exact) mass is 484 g/mol. The van der Waals surface area contributed by atoms with Crippen molar-refractivity contribution in [1.82, 2.24) is 14.8 Å². The van der Waals surface area contributed by atoms with Crippen molar-refractivity contribution in [2.45, 2.75) is 71.7 Å². The van der Waals surface area contributed by atoms with E-state index in [1.54, 1.807) is 11.8 Å². The van der Waals surface area contributed by atoms with Crippen LogP contribution in [0, 0.1) is 6.92 Å². The Kier molecular flexibility index (Phi) is 10.7. The maximum Gasteiger partial charge on any atom is 0.351 e. The van der Waals surface area contributed by atoms with Crippen LogP contribution in [0.25, 0.3) is 5.69 Å². The number of quaternary nitrogens is 1. The van der Waals surface area contributed by atoms with E-state index in [1.807, 2.05) is 35.9 Å². The van der Waals surface area contributed by atoms with Crippen LogP contribution in [0.5, 0.6) is 0 Å². The molecule has 0 aliphatic heterocycles. The van der Waals surface area contributed by atoms with Gasteiger partial charge in [-0.2, -0.15) is 0 Å². The molecule has 0 bridgehead atoms. The van der Waals surface area contributed by atoms with Crippen LogP contribution in [0.4, 0.5) is 0 Å². The van der Waals surface area contributed by atoms with Gasteiger partial charge < -0.3 is 19.5 Å². The number of carbonyl (C=O) groups excluding carboxylic acids is 1. The average Bonchev–Trinajstić information content (AvgIpc) is 3.05. The molecule has 8 nitrogen and oxygen atoms in total. The van der Waals surface area contributed by atoms with Gasteiger partial charge >= 0.3 is 5.97 Å². The summed E-state index contributed by atoms with van der Waals surface area (Å²) in [6.45, 7) is 17.1. The third kappa shape index (κ3) is 7.21. The van der Waals surface area contributed by atoms with E-state index in [0.717, 1.165) is 33.4 Å². The zero-order valence-electron chi connectivity index (χ0n) is 19.7. The topological polar surface area (TPSA) is 108 Å². The molecule has 1 heterocycles. The third-order valence-electron chi connectivity index (χ3n) is 5.57. The van der Waals surface area contributed by atoms with Gasteiger partial charge in [0.05, 0.1) is 36.1 Å². The maximum absolute atomic E-state index is 9.04. The molecule has 2 rings (SSSR count). The van der Waals surface area contributed by atoms with E-state index in [1.165, 1.54) is 0 Å². The van der Waals surface area contributed by atoms with E-state index < -0.39 is 11.9 Å². The van der Waals surface area contributed by atoms with Crippen molar-refractivity contribution < 1.29 is 24.3 Å². The van der Waals surface area contributed by atoms with Crippen LogP contribution in [-0.4, -0.2) is 66.7 Å². The highest BCUT2D eigenvalue weighted by Gasteiger charge is 2.37. The summed E-state index contributed by atoms with van der Waals surface area (Å²) in [4.78, 5) is 22.7.